The Bertz CT molecular complexity index is 1210. The minimum Gasteiger partial charge on any atom is -0.387 e. The number of hydrogen-bond acceptors (Lipinski definition) is 12. The summed E-state index contributed by atoms with van der Waals surface area (Å²) in [5.41, 5.74) is 4.65. The maximum atomic E-state index is 11.8. The van der Waals surface area contributed by atoms with Crippen molar-refractivity contribution in [1.82, 2.24) is 29.5 Å². The standard InChI is InChI=1S/C10H15N5O11P2.C3H4N2/c11-10-13-7-4(8(18)14-10)12-2-15(7)9-6(17)5(16)3(25-9)1-24-28(22,23)26-27(19,20)21;1-2-5-3-4-1/h2-3,5-6,9,16-17H,1H2,(H,22,23)(H2,19,20,21)(H3,11,13,14,18);1-3H,(H,4,5)/t3-,5-,6-,9-;/m1./s1. The van der Waals surface area contributed by atoms with Gasteiger partial charge in [0, 0.05) is 12.4 Å². The predicted molar refractivity (Wildman–Crippen MR) is 106 cm³/mol. The molecule has 9 N–H and O–H groups in total. The molecular weight excluding hydrogens is 492 g/mol. The van der Waals surface area contributed by atoms with Crippen LogP contribution in [0.3, 0.4) is 0 Å². The van der Waals surface area contributed by atoms with E-state index in [1.165, 1.54) is 0 Å². The van der Waals surface area contributed by atoms with Gasteiger partial charge in [-0.1, -0.05) is 0 Å². The molecule has 1 aliphatic heterocycles. The number of phosphoric ester groups is 1. The van der Waals surface area contributed by atoms with Gasteiger partial charge in [0.1, 0.15) is 18.3 Å². The molecule has 0 bridgehead atoms. The minimum atomic E-state index is -5.32. The molecule has 0 aromatic carbocycles. The van der Waals surface area contributed by atoms with E-state index < -0.39 is 52.4 Å². The normalized spacial score (nSPS) is 24.9. The van der Waals surface area contributed by atoms with Gasteiger partial charge >= 0.3 is 15.6 Å². The number of hydrogen-bond donors (Lipinski definition) is 8. The van der Waals surface area contributed by atoms with Crippen molar-refractivity contribution in [1.29, 1.82) is 0 Å². The molecule has 5 atom stereocenters. The first kappa shape index (κ1) is 25.1. The maximum absolute atomic E-state index is 11.8. The summed E-state index contributed by atoms with van der Waals surface area (Å²) in [5, 5.41) is 20.3. The van der Waals surface area contributed by atoms with Crippen LogP contribution in [0.2, 0.25) is 0 Å². The van der Waals surface area contributed by atoms with Crippen LogP contribution in [0.15, 0.2) is 29.8 Å². The van der Waals surface area contributed by atoms with Crippen molar-refractivity contribution < 1.29 is 47.6 Å². The molecule has 20 heteroatoms. The number of fused-ring (bicyclic) bond motifs is 1. The van der Waals surface area contributed by atoms with Gasteiger partial charge in [0.05, 0.1) is 19.3 Å². The van der Waals surface area contributed by atoms with Gasteiger partial charge in [-0.25, -0.2) is 19.1 Å². The molecule has 0 amide bonds. The summed E-state index contributed by atoms with van der Waals surface area (Å²) in [4.78, 5) is 54.5. The van der Waals surface area contributed by atoms with E-state index in [4.69, 9.17) is 20.3 Å². The smallest absolute Gasteiger partial charge is 0.387 e. The van der Waals surface area contributed by atoms with E-state index in [1.54, 1.807) is 18.7 Å². The Hall–Kier alpha value is -2.50. The van der Waals surface area contributed by atoms with Gasteiger partial charge in [0.25, 0.3) is 5.56 Å². The van der Waals surface area contributed by atoms with Crippen LogP contribution in [0.4, 0.5) is 5.95 Å². The molecule has 0 saturated carbocycles. The van der Waals surface area contributed by atoms with Crippen LogP contribution in [0.25, 0.3) is 11.2 Å². The van der Waals surface area contributed by atoms with E-state index in [1.807, 2.05) is 0 Å². The second-order valence-corrected chi connectivity index (χ2v) is 9.25. The molecule has 1 fully saturated rings. The molecule has 182 valence electrons. The van der Waals surface area contributed by atoms with Crippen LogP contribution in [-0.2, 0) is 22.7 Å². The SMILES string of the molecule is Nc1nc2c(ncn2[C@@H]2O[C@H](COP(=O)(O)OP(=O)(O)O)[C@@H](O)[C@H]2O)c(=O)[nH]1.c1c[nH]cn1. The summed E-state index contributed by atoms with van der Waals surface area (Å²) in [6.45, 7) is -0.870. The number of ether oxygens (including phenoxy) is 1. The van der Waals surface area contributed by atoms with Crippen molar-refractivity contribution in [2.45, 2.75) is 24.5 Å². The highest BCUT2D eigenvalue weighted by atomic mass is 31.3. The molecule has 3 aromatic rings. The summed E-state index contributed by atoms with van der Waals surface area (Å²) < 4.78 is 36.6. The van der Waals surface area contributed by atoms with Crippen LogP contribution < -0.4 is 11.3 Å². The molecule has 33 heavy (non-hydrogen) atoms. The number of nitrogen functional groups attached to an aromatic ring is 1. The van der Waals surface area contributed by atoms with Gasteiger partial charge in [-0.3, -0.25) is 18.9 Å². The first-order valence-corrected chi connectivity index (χ1v) is 11.8. The molecule has 4 rings (SSSR count). The van der Waals surface area contributed by atoms with Gasteiger partial charge < -0.3 is 40.3 Å². The lowest BCUT2D eigenvalue weighted by Crippen LogP contribution is -2.33. The largest absolute Gasteiger partial charge is 0.481 e. The Morgan fingerprint density at radius 2 is 1.97 bits per heavy atom. The van der Waals surface area contributed by atoms with Gasteiger partial charge in [-0.2, -0.15) is 9.29 Å². The Balaban J connectivity index is 0.000000541. The fraction of sp³-hybridized carbons (Fsp3) is 0.385. The number of phosphoric acid groups is 2. The third-order valence-electron chi connectivity index (χ3n) is 4.08. The molecule has 3 aromatic heterocycles. The number of rotatable bonds is 6. The lowest BCUT2D eigenvalue weighted by molar-refractivity contribution is -0.0503. The van der Waals surface area contributed by atoms with Crippen LogP contribution >= 0.6 is 15.6 Å². The molecule has 0 radical (unpaired) electrons. The number of anilines is 1. The van der Waals surface area contributed by atoms with Crippen molar-refractivity contribution >= 4 is 32.8 Å². The van der Waals surface area contributed by atoms with Crippen LogP contribution in [0, 0.1) is 0 Å². The second kappa shape index (κ2) is 9.78. The van der Waals surface area contributed by atoms with Gasteiger partial charge in [0.15, 0.2) is 17.4 Å². The highest BCUT2D eigenvalue weighted by molar-refractivity contribution is 7.60. The zero-order chi connectivity index (χ0) is 24.4. The van der Waals surface area contributed by atoms with Crippen LogP contribution in [-0.4, -0.2) is 79.3 Å². The zero-order valence-corrected chi connectivity index (χ0v) is 18.1. The molecule has 18 nitrogen and oxygen atoms in total. The van der Waals surface area contributed by atoms with E-state index in [0.29, 0.717) is 0 Å². The van der Waals surface area contributed by atoms with Crippen LogP contribution in [0.5, 0.6) is 0 Å². The van der Waals surface area contributed by atoms with E-state index in [-0.39, 0.29) is 17.1 Å². The quantitative estimate of drug-likeness (QED) is 0.165. The predicted octanol–water partition coefficient (Wildman–Crippen LogP) is -2.04. The first-order valence-electron chi connectivity index (χ1n) is 8.79. The number of aromatic amines is 2. The molecule has 0 aliphatic carbocycles. The Morgan fingerprint density at radius 1 is 1.24 bits per heavy atom. The molecular formula is C13H19N7O11P2. The Labute approximate surface area is 182 Å². The number of nitrogens with one attached hydrogen (secondary N) is 2. The van der Waals surface area contributed by atoms with Gasteiger partial charge in [-0.15, -0.1) is 0 Å². The lowest BCUT2D eigenvalue weighted by atomic mass is 10.1. The topological polar surface area (TPSA) is 281 Å². The summed E-state index contributed by atoms with van der Waals surface area (Å²) >= 11 is 0. The van der Waals surface area contributed by atoms with E-state index in [9.17, 15) is 29.0 Å². The highest BCUT2D eigenvalue weighted by Crippen LogP contribution is 2.57. The first-order chi connectivity index (χ1) is 15.4. The molecule has 1 aliphatic rings. The number of nitrogens with zero attached hydrogens (tertiary/aromatic N) is 4. The number of aromatic nitrogens is 6. The number of imidazole rings is 2. The zero-order valence-electron chi connectivity index (χ0n) is 16.3. The fourth-order valence-corrected chi connectivity index (χ4v) is 4.37. The van der Waals surface area contributed by atoms with E-state index in [0.717, 1.165) is 10.9 Å². The van der Waals surface area contributed by atoms with E-state index in [2.05, 4.69) is 33.8 Å². The third kappa shape index (κ3) is 6.30. The average molecular weight is 511 g/mol. The summed E-state index contributed by atoms with van der Waals surface area (Å²) in [5.74, 6) is -0.233. The molecule has 0 spiro atoms. The van der Waals surface area contributed by atoms with Crippen LogP contribution in [0.1, 0.15) is 6.23 Å². The number of aliphatic hydroxyl groups is 2. The van der Waals surface area contributed by atoms with Gasteiger partial charge in [-0.05, 0) is 0 Å². The highest BCUT2D eigenvalue weighted by Gasteiger charge is 2.46. The Morgan fingerprint density at radius 3 is 2.55 bits per heavy atom. The molecule has 4 heterocycles. The third-order valence-corrected chi connectivity index (χ3v) is 6.23. The second-order valence-electron chi connectivity index (χ2n) is 6.42. The average Bonchev–Trinajstić information content (AvgIpc) is 3.42. The van der Waals surface area contributed by atoms with Crippen molar-refractivity contribution in [3.63, 3.8) is 0 Å². The van der Waals surface area contributed by atoms with Crippen molar-refractivity contribution in [3.05, 3.63) is 35.4 Å². The van der Waals surface area contributed by atoms with Gasteiger partial charge in [0.2, 0.25) is 5.95 Å². The Kier molecular flexibility index (Phi) is 7.45. The lowest BCUT2D eigenvalue weighted by Gasteiger charge is -2.17. The van der Waals surface area contributed by atoms with E-state index >= 15 is 0 Å². The molecule has 1 saturated heterocycles. The summed E-state index contributed by atoms with van der Waals surface area (Å²) in [6.07, 6.45) is 0.205. The fourth-order valence-electron chi connectivity index (χ4n) is 2.77. The summed E-state index contributed by atoms with van der Waals surface area (Å²) in [7, 11) is -10.5. The maximum Gasteiger partial charge on any atom is 0.481 e. The number of aliphatic hydroxyl groups excluding tert-OH is 2. The van der Waals surface area contributed by atoms with Crippen molar-refractivity contribution in [3.8, 4) is 0 Å². The molecule has 1 unspecified atom stereocenters. The number of H-pyrrole nitrogens is 2. The monoisotopic (exact) mass is 511 g/mol. The van der Waals surface area contributed by atoms with Crippen molar-refractivity contribution in [2.24, 2.45) is 0 Å². The summed E-state index contributed by atoms with van der Waals surface area (Å²) in [6, 6.07) is 0. The number of nitrogens with two attached hydrogens (primary N) is 1. The minimum absolute atomic E-state index is 0.0586. The van der Waals surface area contributed by atoms with Crippen molar-refractivity contribution in [2.75, 3.05) is 12.3 Å².